The second-order valence-electron chi connectivity index (χ2n) is 11.0. The molecule has 1 fully saturated rings. The Bertz CT molecular complexity index is 1210. The highest BCUT2D eigenvalue weighted by molar-refractivity contribution is 6.05. The minimum atomic E-state index is -0.311. The van der Waals surface area contributed by atoms with E-state index in [0.717, 1.165) is 25.7 Å². The van der Waals surface area contributed by atoms with Gasteiger partial charge in [-0.05, 0) is 50.1 Å². The van der Waals surface area contributed by atoms with Gasteiger partial charge in [0, 0.05) is 56.4 Å². The molecule has 0 unspecified atom stereocenters. The zero-order valence-corrected chi connectivity index (χ0v) is 24.1. The molecule has 1 saturated carbocycles. The summed E-state index contributed by atoms with van der Waals surface area (Å²) in [6, 6.07) is 11.7. The Morgan fingerprint density at radius 1 is 1.02 bits per heavy atom. The molecule has 0 aromatic heterocycles. The average molecular weight is 552 g/mol. The summed E-state index contributed by atoms with van der Waals surface area (Å²) >= 11 is 0. The number of nitrogens with one attached hydrogen (secondary N) is 1. The molecule has 2 aliphatic rings. The summed E-state index contributed by atoms with van der Waals surface area (Å²) in [5.74, 6) is 0.631. The first-order valence-electron chi connectivity index (χ1n) is 14.0. The van der Waals surface area contributed by atoms with E-state index in [9.17, 15) is 14.4 Å². The van der Waals surface area contributed by atoms with Gasteiger partial charge in [0.1, 0.15) is 18.1 Å². The molecule has 1 heterocycles. The lowest BCUT2D eigenvalue weighted by Crippen LogP contribution is -2.50. The van der Waals surface area contributed by atoms with E-state index in [2.05, 4.69) is 12.2 Å². The number of ether oxygens (including phenoxy) is 3. The number of benzene rings is 2. The van der Waals surface area contributed by atoms with Crippen molar-refractivity contribution in [3.05, 3.63) is 53.6 Å². The highest BCUT2D eigenvalue weighted by Gasteiger charge is 2.34. The van der Waals surface area contributed by atoms with Gasteiger partial charge in [-0.1, -0.05) is 25.8 Å². The predicted octanol–water partition coefficient (Wildman–Crippen LogP) is 4.47. The Hall–Kier alpha value is -3.59. The zero-order valence-electron chi connectivity index (χ0n) is 24.1. The fourth-order valence-electron chi connectivity index (χ4n) is 5.53. The largest absolute Gasteiger partial charge is 0.497 e. The van der Waals surface area contributed by atoms with Crippen LogP contribution in [0.15, 0.2) is 42.5 Å². The molecule has 3 amide bonds. The van der Waals surface area contributed by atoms with Crippen molar-refractivity contribution in [2.75, 3.05) is 46.3 Å². The van der Waals surface area contributed by atoms with Gasteiger partial charge in [0.15, 0.2) is 0 Å². The van der Waals surface area contributed by atoms with Crippen LogP contribution >= 0.6 is 0 Å². The van der Waals surface area contributed by atoms with Gasteiger partial charge in [0.25, 0.3) is 11.8 Å². The maximum absolute atomic E-state index is 13.6. The molecule has 1 aliphatic carbocycles. The average Bonchev–Trinajstić information content (AvgIpc) is 3.51. The van der Waals surface area contributed by atoms with Crippen molar-refractivity contribution in [2.24, 2.45) is 11.8 Å². The number of hydrogen-bond donors (Lipinski definition) is 1. The summed E-state index contributed by atoms with van der Waals surface area (Å²) in [5, 5.41) is 2.89. The van der Waals surface area contributed by atoms with Gasteiger partial charge in [-0.25, -0.2) is 0 Å². The minimum Gasteiger partial charge on any atom is -0.497 e. The van der Waals surface area contributed by atoms with E-state index in [4.69, 9.17) is 14.2 Å². The highest BCUT2D eigenvalue weighted by atomic mass is 16.5. The fourth-order valence-corrected chi connectivity index (χ4v) is 5.53. The van der Waals surface area contributed by atoms with Gasteiger partial charge in [0.05, 0.1) is 24.8 Å². The summed E-state index contributed by atoms with van der Waals surface area (Å²) in [6.45, 7) is 5.13. The number of anilines is 1. The van der Waals surface area contributed by atoms with Gasteiger partial charge < -0.3 is 29.3 Å². The van der Waals surface area contributed by atoms with Crippen molar-refractivity contribution >= 4 is 23.4 Å². The van der Waals surface area contributed by atoms with Gasteiger partial charge in [-0.15, -0.1) is 0 Å². The van der Waals surface area contributed by atoms with Crippen LogP contribution in [-0.2, 0) is 9.53 Å². The quantitative estimate of drug-likeness (QED) is 0.589. The number of carbonyl (C=O) groups excluding carboxylic acids is 3. The lowest BCUT2D eigenvalue weighted by molar-refractivity contribution is -0.139. The Kier molecular flexibility index (Phi) is 9.68. The van der Waals surface area contributed by atoms with Crippen LogP contribution in [-0.4, -0.2) is 80.6 Å². The van der Waals surface area contributed by atoms with E-state index in [-0.39, 0.29) is 48.3 Å². The monoisotopic (exact) mass is 551 g/mol. The molecule has 3 atom stereocenters. The van der Waals surface area contributed by atoms with Crippen LogP contribution in [0.1, 0.15) is 60.2 Å². The number of hydrogen-bond acceptors (Lipinski definition) is 6. The molecule has 0 radical (unpaired) electrons. The van der Waals surface area contributed by atoms with E-state index in [0.29, 0.717) is 41.4 Å². The van der Waals surface area contributed by atoms with Crippen molar-refractivity contribution in [2.45, 2.75) is 51.7 Å². The second-order valence-corrected chi connectivity index (χ2v) is 11.0. The highest BCUT2D eigenvalue weighted by Crippen LogP contribution is 2.30. The standard InChI is InChI=1S/C31H41N3O6/c1-20-17-34(30(36)22-9-6-7-10-22)21(2)19-40-27-16-24(32-29(35)23-11-8-12-25(15-23)38-4)13-14-26(27)31(37)33(3)18-28(20)39-5/h8,11-16,20-22,28H,6-7,9-10,17-19H2,1-5H3,(H,32,35)/t20-,21+,28+/m0/s1. The van der Waals surface area contributed by atoms with Crippen LogP contribution in [0, 0.1) is 11.8 Å². The Balaban J connectivity index is 1.63. The van der Waals surface area contributed by atoms with E-state index < -0.39 is 0 Å². The first kappa shape index (κ1) is 29.4. The van der Waals surface area contributed by atoms with Crippen LogP contribution in [0.5, 0.6) is 11.5 Å². The predicted molar refractivity (Wildman–Crippen MR) is 153 cm³/mol. The molecule has 1 N–H and O–H groups in total. The molecular weight excluding hydrogens is 510 g/mol. The number of rotatable bonds is 5. The van der Waals surface area contributed by atoms with E-state index in [1.807, 2.05) is 11.8 Å². The fraction of sp³-hybridized carbons (Fsp3) is 0.516. The molecule has 4 rings (SSSR count). The third-order valence-corrected chi connectivity index (χ3v) is 8.02. The molecule has 216 valence electrons. The molecule has 0 bridgehead atoms. The summed E-state index contributed by atoms with van der Waals surface area (Å²) in [6.07, 6.45) is 3.75. The smallest absolute Gasteiger partial charge is 0.257 e. The SMILES string of the molecule is COc1cccc(C(=O)Nc2ccc3c(c2)OC[C@@H](C)N(C(=O)C2CCCC2)C[C@H](C)[C@H](OC)CN(C)C3=O)c1. The van der Waals surface area contributed by atoms with E-state index in [1.165, 1.54) is 0 Å². The normalized spacial score (nSPS) is 22.5. The number of fused-ring (bicyclic) bond motifs is 1. The Labute approximate surface area is 236 Å². The van der Waals surface area contributed by atoms with Gasteiger partial charge in [-0.2, -0.15) is 0 Å². The number of likely N-dealkylation sites (N-methyl/N-ethyl adjacent to an activating group) is 1. The Morgan fingerprint density at radius 2 is 1.77 bits per heavy atom. The maximum atomic E-state index is 13.6. The Morgan fingerprint density at radius 3 is 2.48 bits per heavy atom. The molecule has 40 heavy (non-hydrogen) atoms. The third kappa shape index (κ3) is 6.75. The molecular formula is C31H41N3O6. The molecule has 9 heteroatoms. The first-order chi connectivity index (χ1) is 19.2. The molecule has 0 saturated heterocycles. The molecule has 2 aromatic carbocycles. The van der Waals surface area contributed by atoms with Crippen LogP contribution in [0.4, 0.5) is 5.69 Å². The first-order valence-corrected chi connectivity index (χ1v) is 14.0. The van der Waals surface area contributed by atoms with Crippen molar-refractivity contribution in [3.8, 4) is 11.5 Å². The summed E-state index contributed by atoms with van der Waals surface area (Å²) in [7, 11) is 4.93. The second kappa shape index (κ2) is 13.2. The summed E-state index contributed by atoms with van der Waals surface area (Å²) in [4.78, 5) is 43.6. The van der Waals surface area contributed by atoms with E-state index >= 15 is 0 Å². The van der Waals surface area contributed by atoms with Gasteiger partial charge in [-0.3, -0.25) is 14.4 Å². The number of carbonyl (C=O) groups is 3. The number of amides is 3. The lowest BCUT2D eigenvalue weighted by Gasteiger charge is -2.37. The van der Waals surface area contributed by atoms with Crippen LogP contribution in [0.25, 0.3) is 0 Å². The summed E-state index contributed by atoms with van der Waals surface area (Å²) in [5.41, 5.74) is 1.31. The number of methoxy groups -OCH3 is 2. The van der Waals surface area contributed by atoms with Crippen LogP contribution in [0.2, 0.25) is 0 Å². The van der Waals surface area contributed by atoms with Crippen molar-refractivity contribution in [3.63, 3.8) is 0 Å². The minimum absolute atomic E-state index is 0.0150. The molecule has 1 aliphatic heterocycles. The topological polar surface area (TPSA) is 97.4 Å². The van der Waals surface area contributed by atoms with Crippen LogP contribution < -0.4 is 14.8 Å². The van der Waals surface area contributed by atoms with Crippen LogP contribution in [0.3, 0.4) is 0 Å². The molecule has 0 spiro atoms. The zero-order chi connectivity index (χ0) is 28.8. The molecule has 2 aromatic rings. The third-order valence-electron chi connectivity index (χ3n) is 8.02. The number of nitrogens with zero attached hydrogens (tertiary/aromatic N) is 2. The van der Waals surface area contributed by atoms with Crippen molar-refractivity contribution in [1.29, 1.82) is 0 Å². The van der Waals surface area contributed by atoms with Gasteiger partial charge in [0.2, 0.25) is 5.91 Å². The van der Waals surface area contributed by atoms with Crippen molar-refractivity contribution < 1.29 is 28.6 Å². The van der Waals surface area contributed by atoms with Gasteiger partial charge >= 0.3 is 0 Å². The molecule has 9 nitrogen and oxygen atoms in total. The lowest BCUT2D eigenvalue weighted by atomic mass is 9.99. The van der Waals surface area contributed by atoms with Crippen molar-refractivity contribution in [1.82, 2.24) is 9.80 Å². The van der Waals surface area contributed by atoms with E-state index in [1.54, 1.807) is 68.6 Å². The summed E-state index contributed by atoms with van der Waals surface area (Å²) < 4.78 is 17.3. The maximum Gasteiger partial charge on any atom is 0.257 e.